The minimum Gasteiger partial charge on any atom is -0.461 e. The third kappa shape index (κ3) is 2.81. The number of carbonyl (C=O) groups excluding carboxylic acids is 1. The summed E-state index contributed by atoms with van der Waals surface area (Å²) in [7, 11) is 0. The zero-order valence-corrected chi connectivity index (χ0v) is 13.2. The molecule has 1 aliphatic carbocycles. The van der Waals surface area contributed by atoms with Crippen LogP contribution in [-0.4, -0.2) is 40.2 Å². The maximum Gasteiger partial charge on any atom is 0.358 e. The molecule has 0 N–H and O–H groups in total. The van der Waals surface area contributed by atoms with Crippen LogP contribution in [0.15, 0.2) is 30.9 Å². The Kier molecular flexibility index (Phi) is 3.32. The standard InChI is InChI=1S/C17H20N4O2/c1-2-23-16(22)14-9-20(12-19-14)8-13-3-4-15(18-7-13)21-10-17(11-21)5-6-17/h3-4,7,9,12H,2,5-6,8,10-11H2,1H3. The number of rotatable bonds is 5. The number of hydrogen-bond acceptors (Lipinski definition) is 5. The third-order valence-electron chi connectivity index (χ3n) is 4.63. The summed E-state index contributed by atoms with van der Waals surface area (Å²) in [6.45, 7) is 5.09. The Morgan fingerprint density at radius 1 is 1.30 bits per heavy atom. The van der Waals surface area contributed by atoms with Crippen LogP contribution in [0.5, 0.6) is 0 Å². The predicted molar refractivity (Wildman–Crippen MR) is 85.4 cm³/mol. The molecule has 0 amide bonds. The van der Waals surface area contributed by atoms with Crippen LogP contribution in [0.2, 0.25) is 0 Å². The molecular formula is C17H20N4O2. The van der Waals surface area contributed by atoms with Crippen molar-refractivity contribution in [3.63, 3.8) is 0 Å². The molecular weight excluding hydrogens is 292 g/mol. The van der Waals surface area contributed by atoms with E-state index >= 15 is 0 Å². The lowest BCUT2D eigenvalue weighted by Crippen LogP contribution is -2.48. The Hall–Kier alpha value is -2.37. The minimum absolute atomic E-state index is 0.340. The Morgan fingerprint density at radius 2 is 2.13 bits per heavy atom. The summed E-state index contributed by atoms with van der Waals surface area (Å²) < 4.78 is 6.81. The van der Waals surface area contributed by atoms with Gasteiger partial charge in [0.15, 0.2) is 5.69 Å². The van der Waals surface area contributed by atoms with Crippen LogP contribution < -0.4 is 4.90 Å². The number of esters is 1. The maximum atomic E-state index is 11.6. The number of pyridine rings is 1. The van der Waals surface area contributed by atoms with Crippen molar-refractivity contribution in [2.24, 2.45) is 5.41 Å². The van der Waals surface area contributed by atoms with Crippen molar-refractivity contribution in [1.29, 1.82) is 0 Å². The number of carbonyl (C=O) groups is 1. The van der Waals surface area contributed by atoms with Crippen LogP contribution in [-0.2, 0) is 11.3 Å². The highest BCUT2D eigenvalue weighted by Gasteiger charge is 2.52. The first-order valence-electron chi connectivity index (χ1n) is 8.06. The van der Waals surface area contributed by atoms with Gasteiger partial charge in [0.05, 0.1) is 19.5 Å². The molecule has 0 unspecified atom stereocenters. The van der Waals surface area contributed by atoms with Gasteiger partial charge in [0.25, 0.3) is 0 Å². The Labute approximate surface area is 135 Å². The summed E-state index contributed by atoms with van der Waals surface area (Å²) in [4.78, 5) is 22.6. The summed E-state index contributed by atoms with van der Waals surface area (Å²) in [6.07, 6.45) is 8.01. The fourth-order valence-electron chi connectivity index (χ4n) is 3.08. The summed E-state index contributed by atoms with van der Waals surface area (Å²) in [5, 5.41) is 0. The van der Waals surface area contributed by atoms with Crippen LogP contribution in [0.25, 0.3) is 0 Å². The number of aromatic nitrogens is 3. The predicted octanol–water partition coefficient (Wildman–Crippen LogP) is 2.10. The molecule has 120 valence electrons. The van der Waals surface area contributed by atoms with Crippen molar-refractivity contribution < 1.29 is 9.53 Å². The summed E-state index contributed by atoms with van der Waals surface area (Å²) in [6, 6.07) is 4.16. The number of imidazole rings is 1. The van der Waals surface area contributed by atoms with E-state index in [0.29, 0.717) is 24.3 Å². The Morgan fingerprint density at radius 3 is 2.78 bits per heavy atom. The van der Waals surface area contributed by atoms with E-state index in [1.54, 1.807) is 19.4 Å². The first-order valence-corrected chi connectivity index (χ1v) is 8.06. The van der Waals surface area contributed by atoms with Crippen LogP contribution in [0.1, 0.15) is 35.8 Å². The van der Waals surface area contributed by atoms with Gasteiger partial charge in [-0.2, -0.15) is 0 Å². The topological polar surface area (TPSA) is 60.2 Å². The summed E-state index contributed by atoms with van der Waals surface area (Å²) in [5.74, 6) is 0.677. The molecule has 0 atom stereocenters. The van der Waals surface area contributed by atoms with Gasteiger partial charge in [-0.1, -0.05) is 6.07 Å². The highest BCUT2D eigenvalue weighted by Crippen LogP contribution is 2.53. The molecule has 2 aromatic heterocycles. The fraction of sp³-hybridized carbons (Fsp3) is 0.471. The van der Waals surface area contributed by atoms with Gasteiger partial charge in [-0.25, -0.2) is 14.8 Å². The number of hydrogen-bond donors (Lipinski definition) is 0. The Balaban J connectivity index is 1.38. The molecule has 2 aromatic rings. The quantitative estimate of drug-likeness (QED) is 0.791. The van der Waals surface area contributed by atoms with Crippen molar-refractivity contribution in [3.05, 3.63) is 42.1 Å². The average Bonchev–Trinajstić information content (AvgIpc) is 3.19. The second-order valence-electron chi connectivity index (χ2n) is 6.53. The van der Waals surface area contributed by atoms with Crippen molar-refractivity contribution in [2.45, 2.75) is 26.3 Å². The van der Waals surface area contributed by atoms with E-state index in [0.717, 1.165) is 24.5 Å². The van der Waals surface area contributed by atoms with E-state index in [4.69, 9.17) is 4.74 Å². The van der Waals surface area contributed by atoms with E-state index in [9.17, 15) is 4.79 Å². The van der Waals surface area contributed by atoms with Crippen molar-refractivity contribution in [1.82, 2.24) is 14.5 Å². The average molecular weight is 312 g/mol. The minimum atomic E-state index is -0.383. The van der Waals surface area contributed by atoms with Crippen LogP contribution in [0.4, 0.5) is 5.82 Å². The lowest BCUT2D eigenvalue weighted by atomic mass is 9.97. The van der Waals surface area contributed by atoms with E-state index in [-0.39, 0.29) is 5.97 Å². The SMILES string of the molecule is CCOC(=O)c1cn(Cc2ccc(N3CC4(CC4)C3)nc2)cn1. The number of nitrogens with zero attached hydrogens (tertiary/aromatic N) is 4. The highest BCUT2D eigenvalue weighted by atomic mass is 16.5. The van der Waals surface area contributed by atoms with Crippen LogP contribution >= 0.6 is 0 Å². The molecule has 1 saturated carbocycles. The first-order chi connectivity index (χ1) is 11.2. The largest absolute Gasteiger partial charge is 0.461 e. The van der Waals surface area contributed by atoms with E-state index in [1.165, 1.54) is 12.8 Å². The van der Waals surface area contributed by atoms with Gasteiger partial charge >= 0.3 is 5.97 Å². The molecule has 0 bridgehead atoms. The fourth-order valence-corrected chi connectivity index (χ4v) is 3.08. The lowest BCUT2D eigenvalue weighted by molar-refractivity contribution is 0.0520. The zero-order valence-electron chi connectivity index (χ0n) is 13.2. The second-order valence-corrected chi connectivity index (χ2v) is 6.53. The third-order valence-corrected chi connectivity index (χ3v) is 4.63. The maximum absolute atomic E-state index is 11.6. The molecule has 0 radical (unpaired) electrons. The van der Waals surface area contributed by atoms with Gasteiger partial charge in [-0.15, -0.1) is 0 Å². The molecule has 6 heteroatoms. The number of ether oxygens (including phenoxy) is 1. The normalized spacial score (nSPS) is 17.9. The van der Waals surface area contributed by atoms with Gasteiger partial charge in [0, 0.05) is 30.9 Å². The van der Waals surface area contributed by atoms with E-state index < -0.39 is 0 Å². The zero-order chi connectivity index (χ0) is 15.9. The molecule has 2 fully saturated rings. The molecule has 3 heterocycles. The van der Waals surface area contributed by atoms with Gasteiger partial charge in [0.1, 0.15) is 5.82 Å². The molecule has 2 aliphatic rings. The van der Waals surface area contributed by atoms with Gasteiger partial charge < -0.3 is 14.2 Å². The summed E-state index contributed by atoms with van der Waals surface area (Å²) >= 11 is 0. The molecule has 1 aliphatic heterocycles. The molecule has 4 rings (SSSR count). The molecule has 6 nitrogen and oxygen atoms in total. The molecule has 23 heavy (non-hydrogen) atoms. The van der Waals surface area contributed by atoms with Crippen LogP contribution in [0, 0.1) is 5.41 Å². The smallest absolute Gasteiger partial charge is 0.358 e. The lowest BCUT2D eigenvalue weighted by Gasteiger charge is -2.40. The molecule has 1 spiro atoms. The monoisotopic (exact) mass is 312 g/mol. The molecule has 0 aromatic carbocycles. The van der Waals surface area contributed by atoms with Crippen LogP contribution in [0.3, 0.4) is 0 Å². The van der Waals surface area contributed by atoms with Crippen molar-refractivity contribution in [2.75, 3.05) is 24.6 Å². The Bertz CT molecular complexity index is 710. The van der Waals surface area contributed by atoms with Gasteiger partial charge in [-0.3, -0.25) is 0 Å². The van der Waals surface area contributed by atoms with Gasteiger partial charge in [-0.05, 0) is 31.4 Å². The van der Waals surface area contributed by atoms with E-state index in [1.807, 2.05) is 10.8 Å². The van der Waals surface area contributed by atoms with Crippen molar-refractivity contribution in [3.8, 4) is 0 Å². The summed E-state index contributed by atoms with van der Waals surface area (Å²) in [5.41, 5.74) is 2.07. The molecule has 1 saturated heterocycles. The highest BCUT2D eigenvalue weighted by molar-refractivity contribution is 5.86. The van der Waals surface area contributed by atoms with Crippen molar-refractivity contribution >= 4 is 11.8 Å². The van der Waals surface area contributed by atoms with E-state index in [2.05, 4.69) is 27.0 Å². The second kappa shape index (κ2) is 5.37. The van der Waals surface area contributed by atoms with Gasteiger partial charge in [0.2, 0.25) is 0 Å². The number of anilines is 1. The first kappa shape index (κ1) is 14.2.